The van der Waals surface area contributed by atoms with E-state index in [1.54, 1.807) is 10.9 Å². The first-order valence-electron chi connectivity index (χ1n) is 6.06. The lowest BCUT2D eigenvalue weighted by Crippen LogP contribution is -2.23. The van der Waals surface area contributed by atoms with Crippen molar-refractivity contribution in [2.24, 2.45) is 5.10 Å². The molecule has 0 unspecified atom stereocenters. The van der Waals surface area contributed by atoms with Crippen LogP contribution in [0.4, 0.5) is 0 Å². The molecule has 8 heteroatoms. The first-order valence-corrected chi connectivity index (χ1v) is 7.74. The van der Waals surface area contributed by atoms with Crippen molar-refractivity contribution in [2.75, 3.05) is 0 Å². The zero-order valence-corrected chi connectivity index (χ0v) is 13.1. The standard InChI is InChI=1S/C13H10BrN5OS/c14-9-5-10(21-8-9)6-15-17-13(20)7-19-12-4-2-1-3-11(12)16-18-19/h1-6,8H,7H2,(H,17,20)/b15-6-. The van der Waals surface area contributed by atoms with Crippen LogP contribution in [-0.2, 0) is 11.3 Å². The Morgan fingerprint density at radius 2 is 2.33 bits per heavy atom. The molecule has 6 nitrogen and oxygen atoms in total. The fourth-order valence-electron chi connectivity index (χ4n) is 1.77. The molecule has 2 heterocycles. The number of hydrogen-bond donors (Lipinski definition) is 1. The van der Waals surface area contributed by atoms with E-state index in [0.29, 0.717) is 0 Å². The molecule has 0 fully saturated rings. The van der Waals surface area contributed by atoms with E-state index < -0.39 is 0 Å². The van der Waals surface area contributed by atoms with E-state index >= 15 is 0 Å². The first kappa shape index (κ1) is 13.9. The molecular weight excluding hydrogens is 354 g/mol. The van der Waals surface area contributed by atoms with Crippen molar-refractivity contribution < 1.29 is 4.79 Å². The maximum absolute atomic E-state index is 11.8. The number of hydrogen-bond acceptors (Lipinski definition) is 5. The Morgan fingerprint density at radius 3 is 3.14 bits per heavy atom. The number of carbonyl (C=O) groups is 1. The van der Waals surface area contributed by atoms with Crippen molar-refractivity contribution in [3.8, 4) is 0 Å². The summed E-state index contributed by atoms with van der Waals surface area (Å²) < 4.78 is 2.54. The van der Waals surface area contributed by atoms with Crippen molar-refractivity contribution in [1.29, 1.82) is 0 Å². The Kier molecular flexibility index (Phi) is 4.07. The Balaban J connectivity index is 1.63. The molecule has 0 aliphatic heterocycles. The molecule has 1 N–H and O–H groups in total. The van der Waals surface area contributed by atoms with Crippen LogP contribution in [0.5, 0.6) is 0 Å². The Hall–Kier alpha value is -2.06. The summed E-state index contributed by atoms with van der Waals surface area (Å²) in [6.45, 7) is 0.0754. The van der Waals surface area contributed by atoms with Crippen LogP contribution in [0, 0.1) is 0 Å². The van der Waals surface area contributed by atoms with Gasteiger partial charge in [-0.2, -0.15) is 5.10 Å². The number of nitrogens with one attached hydrogen (secondary N) is 1. The average Bonchev–Trinajstić information content (AvgIpc) is 3.06. The van der Waals surface area contributed by atoms with Gasteiger partial charge in [-0.05, 0) is 34.1 Å². The summed E-state index contributed by atoms with van der Waals surface area (Å²) in [7, 11) is 0. The van der Waals surface area contributed by atoms with Gasteiger partial charge in [0.05, 0.1) is 11.7 Å². The highest BCUT2D eigenvalue weighted by Crippen LogP contribution is 2.17. The van der Waals surface area contributed by atoms with E-state index in [4.69, 9.17) is 0 Å². The van der Waals surface area contributed by atoms with Crippen LogP contribution in [-0.4, -0.2) is 27.1 Å². The number of fused-ring (bicyclic) bond motifs is 1. The van der Waals surface area contributed by atoms with E-state index in [2.05, 4.69) is 36.8 Å². The molecule has 106 valence electrons. The first-order chi connectivity index (χ1) is 10.2. The molecule has 0 atom stereocenters. The topological polar surface area (TPSA) is 72.2 Å². The molecule has 0 aliphatic carbocycles. The van der Waals surface area contributed by atoms with Gasteiger partial charge in [-0.15, -0.1) is 16.4 Å². The summed E-state index contributed by atoms with van der Waals surface area (Å²) >= 11 is 4.89. The van der Waals surface area contributed by atoms with Gasteiger partial charge in [-0.1, -0.05) is 17.3 Å². The molecule has 1 aromatic carbocycles. The van der Waals surface area contributed by atoms with Gasteiger partial charge >= 0.3 is 0 Å². The second-order valence-corrected chi connectivity index (χ2v) is 6.05. The SMILES string of the molecule is O=C(Cn1nnc2ccccc21)N/N=C\c1cc(Br)cs1. The number of para-hydroxylation sites is 1. The minimum atomic E-state index is -0.252. The minimum absolute atomic E-state index is 0.0754. The molecule has 0 spiro atoms. The number of aromatic nitrogens is 3. The number of hydrazone groups is 1. The van der Waals surface area contributed by atoms with Gasteiger partial charge < -0.3 is 0 Å². The second-order valence-electron chi connectivity index (χ2n) is 4.20. The van der Waals surface area contributed by atoms with E-state index in [-0.39, 0.29) is 12.5 Å². The van der Waals surface area contributed by atoms with Gasteiger partial charge in [-0.3, -0.25) is 4.79 Å². The highest BCUT2D eigenvalue weighted by Gasteiger charge is 2.07. The van der Waals surface area contributed by atoms with Gasteiger partial charge in [0.15, 0.2) is 0 Å². The third kappa shape index (κ3) is 3.34. The fraction of sp³-hybridized carbons (Fsp3) is 0.0769. The van der Waals surface area contributed by atoms with Crippen molar-refractivity contribution >= 4 is 50.4 Å². The van der Waals surface area contributed by atoms with Gasteiger partial charge in [0, 0.05) is 14.7 Å². The van der Waals surface area contributed by atoms with E-state index in [9.17, 15) is 4.79 Å². The summed E-state index contributed by atoms with van der Waals surface area (Å²) in [5.41, 5.74) is 4.06. The maximum Gasteiger partial charge on any atom is 0.261 e. The van der Waals surface area contributed by atoms with Crippen LogP contribution in [0.25, 0.3) is 11.0 Å². The van der Waals surface area contributed by atoms with Gasteiger partial charge in [0.2, 0.25) is 0 Å². The molecule has 0 radical (unpaired) electrons. The Morgan fingerprint density at radius 1 is 1.48 bits per heavy atom. The average molecular weight is 364 g/mol. The van der Waals surface area contributed by atoms with E-state index in [1.807, 2.05) is 35.7 Å². The summed E-state index contributed by atoms with van der Waals surface area (Å²) in [4.78, 5) is 12.8. The van der Waals surface area contributed by atoms with Crippen molar-refractivity contribution in [3.63, 3.8) is 0 Å². The molecule has 0 bridgehead atoms. The lowest BCUT2D eigenvalue weighted by Gasteiger charge is -2.00. The predicted molar refractivity (Wildman–Crippen MR) is 85.3 cm³/mol. The number of carbonyl (C=O) groups excluding carboxylic acids is 1. The van der Waals surface area contributed by atoms with E-state index in [1.165, 1.54) is 11.3 Å². The second kappa shape index (κ2) is 6.15. The largest absolute Gasteiger partial charge is 0.271 e. The number of thiophene rings is 1. The monoisotopic (exact) mass is 363 g/mol. The third-order valence-corrected chi connectivity index (χ3v) is 4.31. The van der Waals surface area contributed by atoms with Crippen LogP contribution >= 0.6 is 27.3 Å². The quantitative estimate of drug-likeness (QED) is 0.571. The lowest BCUT2D eigenvalue weighted by atomic mass is 10.3. The normalized spacial score (nSPS) is 11.3. The summed E-state index contributed by atoms with van der Waals surface area (Å²) in [6.07, 6.45) is 1.60. The van der Waals surface area contributed by atoms with Gasteiger partial charge in [0.1, 0.15) is 12.1 Å². The zero-order valence-electron chi connectivity index (χ0n) is 10.7. The van der Waals surface area contributed by atoms with Crippen molar-refractivity contribution in [1.82, 2.24) is 20.4 Å². The number of amides is 1. The number of nitrogens with zero attached hydrogens (tertiary/aromatic N) is 4. The minimum Gasteiger partial charge on any atom is -0.271 e. The lowest BCUT2D eigenvalue weighted by molar-refractivity contribution is -0.121. The molecule has 0 saturated heterocycles. The molecule has 3 rings (SSSR count). The Bertz CT molecular complexity index is 810. The van der Waals surface area contributed by atoms with Crippen molar-refractivity contribution in [3.05, 3.63) is 45.1 Å². The van der Waals surface area contributed by atoms with Crippen molar-refractivity contribution in [2.45, 2.75) is 6.54 Å². The van der Waals surface area contributed by atoms with Crippen LogP contribution < -0.4 is 5.43 Å². The number of halogens is 1. The van der Waals surface area contributed by atoms with E-state index in [0.717, 1.165) is 20.4 Å². The zero-order chi connectivity index (χ0) is 14.7. The Labute approximate surface area is 132 Å². The summed E-state index contributed by atoms with van der Waals surface area (Å²) in [5.74, 6) is -0.252. The smallest absolute Gasteiger partial charge is 0.261 e. The predicted octanol–water partition coefficient (Wildman–Crippen LogP) is 2.41. The molecule has 3 aromatic rings. The molecular formula is C13H10BrN5OS. The molecule has 0 aliphatic rings. The number of rotatable bonds is 4. The highest BCUT2D eigenvalue weighted by atomic mass is 79.9. The van der Waals surface area contributed by atoms with Gasteiger partial charge in [-0.25, -0.2) is 10.1 Å². The fourth-order valence-corrected chi connectivity index (χ4v) is 3.07. The van der Waals surface area contributed by atoms with Crippen LogP contribution in [0.3, 0.4) is 0 Å². The highest BCUT2D eigenvalue weighted by molar-refractivity contribution is 9.10. The summed E-state index contributed by atoms with van der Waals surface area (Å²) in [6, 6.07) is 9.40. The number of benzene rings is 1. The summed E-state index contributed by atoms with van der Waals surface area (Å²) in [5, 5.41) is 13.8. The third-order valence-electron chi connectivity index (χ3n) is 2.68. The molecule has 1 amide bonds. The van der Waals surface area contributed by atoms with Crippen LogP contribution in [0.2, 0.25) is 0 Å². The van der Waals surface area contributed by atoms with Crippen LogP contribution in [0.1, 0.15) is 4.88 Å². The molecule has 21 heavy (non-hydrogen) atoms. The van der Waals surface area contributed by atoms with Gasteiger partial charge in [0.25, 0.3) is 5.91 Å². The maximum atomic E-state index is 11.8. The van der Waals surface area contributed by atoms with Crippen LogP contribution in [0.15, 0.2) is 45.3 Å². The molecule has 2 aromatic heterocycles. The molecule has 0 saturated carbocycles.